The molecule has 0 unspecified atom stereocenters. The molecule has 1 heterocycles. The molecule has 1 aromatic heterocycles. The van der Waals surface area contributed by atoms with Crippen LogP contribution in [-0.2, 0) is 6.54 Å². The molecule has 0 aliphatic heterocycles. The number of methoxy groups -OCH3 is 2. The standard InChI is InChI=1S/C20H19Cl2N3O3/c1-12-7-17(27-2)15(22)9-16(12)23-20-24-19(26)18(28-3)11-25(20)10-13-5-4-6-14(21)8-13/h4-9,11H,10H2,1-3H3,(H,23,24,26). The summed E-state index contributed by atoms with van der Waals surface area (Å²) in [5.41, 5.74) is 2.08. The first-order chi connectivity index (χ1) is 13.4. The quantitative estimate of drug-likeness (QED) is 0.628. The third-order valence-electron chi connectivity index (χ3n) is 4.17. The maximum absolute atomic E-state index is 12.2. The molecule has 0 amide bonds. The van der Waals surface area contributed by atoms with Gasteiger partial charge in [-0.25, -0.2) is 0 Å². The molecule has 0 aliphatic rings. The Hall–Kier alpha value is -2.70. The normalized spacial score (nSPS) is 10.6. The molecular formula is C20H19Cl2N3O3. The molecule has 0 fully saturated rings. The summed E-state index contributed by atoms with van der Waals surface area (Å²) in [6.45, 7) is 2.35. The molecule has 0 aliphatic carbocycles. The summed E-state index contributed by atoms with van der Waals surface area (Å²) in [6, 6.07) is 11.0. The first-order valence-corrected chi connectivity index (χ1v) is 9.18. The minimum Gasteiger partial charge on any atom is -0.495 e. The molecule has 0 saturated heterocycles. The van der Waals surface area contributed by atoms with Crippen LogP contribution in [0.15, 0.2) is 47.4 Å². The van der Waals surface area contributed by atoms with Crippen molar-refractivity contribution in [3.8, 4) is 11.5 Å². The highest BCUT2D eigenvalue weighted by atomic mass is 35.5. The summed E-state index contributed by atoms with van der Waals surface area (Å²) < 4.78 is 12.2. The molecule has 0 spiro atoms. The average Bonchev–Trinajstić information content (AvgIpc) is 2.66. The Kier molecular flexibility index (Phi) is 6.11. The fourth-order valence-electron chi connectivity index (χ4n) is 2.73. The minimum absolute atomic E-state index is 0.150. The van der Waals surface area contributed by atoms with Crippen molar-refractivity contribution in [1.82, 2.24) is 9.55 Å². The van der Waals surface area contributed by atoms with E-state index in [1.807, 2.05) is 31.2 Å². The number of hydrogen-bond acceptors (Lipinski definition) is 5. The molecule has 3 rings (SSSR count). The van der Waals surface area contributed by atoms with Gasteiger partial charge in [0.05, 0.1) is 32.0 Å². The third-order valence-corrected chi connectivity index (χ3v) is 4.70. The average molecular weight is 420 g/mol. The number of nitrogens with zero attached hydrogens (tertiary/aromatic N) is 2. The minimum atomic E-state index is -0.468. The van der Waals surface area contributed by atoms with Gasteiger partial charge in [-0.05, 0) is 42.3 Å². The van der Waals surface area contributed by atoms with Gasteiger partial charge in [0.15, 0.2) is 0 Å². The van der Waals surface area contributed by atoms with Gasteiger partial charge < -0.3 is 19.4 Å². The van der Waals surface area contributed by atoms with Crippen molar-refractivity contribution in [1.29, 1.82) is 0 Å². The monoisotopic (exact) mass is 419 g/mol. The van der Waals surface area contributed by atoms with Crippen molar-refractivity contribution in [3.05, 3.63) is 74.1 Å². The SMILES string of the molecule is COc1cc(C)c(Nc2nc(=O)c(OC)cn2Cc2cccc(Cl)c2)cc1Cl. The van der Waals surface area contributed by atoms with Gasteiger partial charge in [-0.1, -0.05) is 35.3 Å². The fraction of sp³-hybridized carbons (Fsp3) is 0.200. The molecule has 0 saturated carbocycles. The first kappa shape index (κ1) is 20.0. The topological polar surface area (TPSA) is 65.4 Å². The van der Waals surface area contributed by atoms with E-state index in [0.29, 0.717) is 34.0 Å². The number of ether oxygens (including phenoxy) is 2. The van der Waals surface area contributed by atoms with E-state index >= 15 is 0 Å². The van der Waals surface area contributed by atoms with Gasteiger partial charge in [0, 0.05) is 10.7 Å². The second kappa shape index (κ2) is 8.54. The Morgan fingerprint density at radius 2 is 1.86 bits per heavy atom. The molecule has 8 heteroatoms. The highest BCUT2D eigenvalue weighted by Crippen LogP contribution is 2.32. The first-order valence-electron chi connectivity index (χ1n) is 8.42. The van der Waals surface area contributed by atoms with Gasteiger partial charge in [-0.2, -0.15) is 4.98 Å². The molecule has 1 N–H and O–H groups in total. The van der Waals surface area contributed by atoms with Crippen LogP contribution in [0.5, 0.6) is 11.5 Å². The summed E-state index contributed by atoms with van der Waals surface area (Å²) >= 11 is 12.3. The zero-order valence-corrected chi connectivity index (χ0v) is 17.1. The van der Waals surface area contributed by atoms with Crippen LogP contribution < -0.4 is 20.3 Å². The molecular weight excluding hydrogens is 401 g/mol. The lowest BCUT2D eigenvalue weighted by molar-refractivity contribution is 0.402. The maximum Gasteiger partial charge on any atom is 0.316 e. The van der Waals surface area contributed by atoms with Crippen LogP contribution >= 0.6 is 23.2 Å². The van der Waals surface area contributed by atoms with Crippen LogP contribution in [0.1, 0.15) is 11.1 Å². The second-order valence-electron chi connectivity index (χ2n) is 6.12. The zero-order chi connectivity index (χ0) is 20.3. The van der Waals surface area contributed by atoms with E-state index in [9.17, 15) is 4.79 Å². The van der Waals surface area contributed by atoms with E-state index < -0.39 is 5.56 Å². The molecule has 3 aromatic rings. The Balaban J connectivity index is 2.03. The van der Waals surface area contributed by atoms with E-state index in [1.54, 1.807) is 30.0 Å². The number of aryl methyl sites for hydroxylation is 1. The lowest BCUT2D eigenvalue weighted by Crippen LogP contribution is -2.19. The van der Waals surface area contributed by atoms with Crippen LogP contribution in [0.25, 0.3) is 0 Å². The van der Waals surface area contributed by atoms with E-state index in [0.717, 1.165) is 11.1 Å². The Bertz CT molecular complexity index is 1070. The number of halogens is 2. The van der Waals surface area contributed by atoms with Crippen molar-refractivity contribution < 1.29 is 9.47 Å². The summed E-state index contributed by atoms with van der Waals surface area (Å²) in [4.78, 5) is 16.4. The highest BCUT2D eigenvalue weighted by molar-refractivity contribution is 6.32. The number of hydrogen-bond donors (Lipinski definition) is 1. The van der Waals surface area contributed by atoms with Gasteiger partial charge >= 0.3 is 5.56 Å². The van der Waals surface area contributed by atoms with E-state index in [1.165, 1.54) is 7.11 Å². The molecule has 146 valence electrons. The number of nitrogens with one attached hydrogen (secondary N) is 1. The van der Waals surface area contributed by atoms with Crippen molar-refractivity contribution in [2.75, 3.05) is 19.5 Å². The predicted molar refractivity (Wildman–Crippen MR) is 112 cm³/mol. The number of aromatic nitrogens is 2. The smallest absolute Gasteiger partial charge is 0.316 e. The number of rotatable bonds is 6. The van der Waals surface area contributed by atoms with E-state index in [-0.39, 0.29) is 5.75 Å². The van der Waals surface area contributed by atoms with Gasteiger partial charge in [-0.15, -0.1) is 0 Å². The van der Waals surface area contributed by atoms with Gasteiger partial charge in [0.2, 0.25) is 11.7 Å². The van der Waals surface area contributed by atoms with Crippen LogP contribution in [0.2, 0.25) is 10.0 Å². The van der Waals surface area contributed by atoms with Gasteiger partial charge in [0.1, 0.15) is 5.75 Å². The lowest BCUT2D eigenvalue weighted by Gasteiger charge is -2.17. The molecule has 0 bridgehead atoms. The van der Waals surface area contributed by atoms with Crippen LogP contribution in [-0.4, -0.2) is 23.8 Å². The molecule has 2 aromatic carbocycles. The van der Waals surface area contributed by atoms with Crippen LogP contribution in [0.3, 0.4) is 0 Å². The molecule has 28 heavy (non-hydrogen) atoms. The largest absolute Gasteiger partial charge is 0.495 e. The van der Waals surface area contributed by atoms with Crippen molar-refractivity contribution in [2.24, 2.45) is 0 Å². The van der Waals surface area contributed by atoms with Gasteiger partial charge in [0.25, 0.3) is 0 Å². The second-order valence-corrected chi connectivity index (χ2v) is 6.97. The third kappa shape index (κ3) is 4.40. The highest BCUT2D eigenvalue weighted by Gasteiger charge is 2.13. The predicted octanol–water partition coefficient (Wildman–Crippen LogP) is 4.67. The van der Waals surface area contributed by atoms with Crippen molar-refractivity contribution >= 4 is 34.8 Å². The number of benzene rings is 2. The zero-order valence-electron chi connectivity index (χ0n) is 15.6. The Morgan fingerprint density at radius 3 is 2.54 bits per heavy atom. The summed E-state index contributed by atoms with van der Waals surface area (Å²) in [7, 11) is 2.99. The van der Waals surface area contributed by atoms with Crippen LogP contribution in [0, 0.1) is 6.92 Å². The van der Waals surface area contributed by atoms with Crippen molar-refractivity contribution in [3.63, 3.8) is 0 Å². The van der Waals surface area contributed by atoms with E-state index in [4.69, 9.17) is 32.7 Å². The fourth-order valence-corrected chi connectivity index (χ4v) is 3.19. The van der Waals surface area contributed by atoms with E-state index in [2.05, 4.69) is 10.3 Å². The lowest BCUT2D eigenvalue weighted by atomic mass is 10.2. The maximum atomic E-state index is 12.2. The molecule has 6 nitrogen and oxygen atoms in total. The molecule has 0 radical (unpaired) electrons. The summed E-state index contributed by atoms with van der Waals surface area (Å²) in [5, 5.41) is 4.27. The Labute approximate surface area is 172 Å². The summed E-state index contributed by atoms with van der Waals surface area (Å²) in [5.74, 6) is 1.08. The van der Waals surface area contributed by atoms with Gasteiger partial charge in [-0.3, -0.25) is 4.79 Å². The van der Waals surface area contributed by atoms with Crippen molar-refractivity contribution in [2.45, 2.75) is 13.5 Å². The number of anilines is 2. The Morgan fingerprint density at radius 1 is 1.11 bits per heavy atom. The summed E-state index contributed by atoms with van der Waals surface area (Å²) in [6.07, 6.45) is 1.61. The molecule has 0 atom stereocenters. The van der Waals surface area contributed by atoms with Crippen LogP contribution in [0.4, 0.5) is 11.6 Å².